The molecule has 0 atom stereocenters. The van der Waals surface area contributed by atoms with Gasteiger partial charge in [-0.3, -0.25) is 0 Å². The third-order valence-corrected chi connectivity index (χ3v) is 2.91. The molecule has 0 saturated carbocycles. The summed E-state index contributed by atoms with van der Waals surface area (Å²) in [5, 5.41) is 0. The van der Waals surface area contributed by atoms with E-state index >= 15 is 0 Å². The van der Waals surface area contributed by atoms with Crippen LogP contribution in [0.25, 0.3) is 0 Å². The minimum atomic E-state index is -1.28. The van der Waals surface area contributed by atoms with Crippen molar-refractivity contribution in [3.05, 3.63) is 12.2 Å². The Morgan fingerprint density at radius 1 is 1.40 bits per heavy atom. The van der Waals surface area contributed by atoms with Crippen LogP contribution in [0.15, 0.2) is 12.2 Å². The van der Waals surface area contributed by atoms with Crippen LogP contribution in [0, 0.1) is 5.92 Å². The average molecular weight is 214 g/mol. The van der Waals surface area contributed by atoms with Gasteiger partial charge in [0.05, 0.1) is 0 Å². The Bertz CT molecular complexity index is 223. The lowest BCUT2D eigenvalue weighted by molar-refractivity contribution is 0.148. The van der Waals surface area contributed by atoms with E-state index in [1.807, 2.05) is 6.08 Å². The molecule has 1 fully saturated rings. The molecule has 0 bridgehead atoms. The van der Waals surface area contributed by atoms with Crippen LogP contribution in [0.1, 0.15) is 25.7 Å². The molecule has 0 aliphatic carbocycles. The van der Waals surface area contributed by atoms with Gasteiger partial charge in [-0.2, -0.15) is 0 Å². The van der Waals surface area contributed by atoms with Gasteiger partial charge in [0, 0.05) is 19.6 Å². The molecular formula is C11H19FN2O. The fourth-order valence-corrected chi connectivity index (χ4v) is 1.94. The van der Waals surface area contributed by atoms with E-state index in [4.69, 9.17) is 5.73 Å². The largest absolute Gasteiger partial charge is 0.400 e. The van der Waals surface area contributed by atoms with Crippen LogP contribution in [0.4, 0.5) is 9.18 Å². The topological polar surface area (TPSA) is 46.3 Å². The van der Waals surface area contributed by atoms with Crippen LogP contribution >= 0.6 is 0 Å². The third kappa shape index (κ3) is 4.42. The molecule has 1 rings (SSSR count). The van der Waals surface area contributed by atoms with E-state index in [-0.39, 0.29) is 0 Å². The number of nitrogens with two attached hydrogens (primary N) is 1. The highest BCUT2D eigenvalue weighted by molar-refractivity contribution is 5.66. The number of likely N-dealkylation sites (tertiary alicyclic amines) is 1. The number of piperidine rings is 1. The van der Waals surface area contributed by atoms with Crippen LogP contribution in [0.3, 0.4) is 0 Å². The lowest BCUT2D eigenvalue weighted by Crippen LogP contribution is -2.35. The average Bonchev–Trinajstić information content (AvgIpc) is 2.25. The summed E-state index contributed by atoms with van der Waals surface area (Å²) in [6.07, 6.45) is 6.76. The summed E-state index contributed by atoms with van der Waals surface area (Å²) >= 11 is 0. The molecule has 1 aliphatic heterocycles. The van der Waals surface area contributed by atoms with Crippen molar-refractivity contribution in [1.29, 1.82) is 0 Å². The van der Waals surface area contributed by atoms with Gasteiger partial charge in [-0.05, 0) is 31.6 Å². The molecule has 0 aromatic heterocycles. The van der Waals surface area contributed by atoms with Crippen molar-refractivity contribution in [3.63, 3.8) is 0 Å². The van der Waals surface area contributed by atoms with Gasteiger partial charge in [0.25, 0.3) is 0 Å². The Labute approximate surface area is 90.1 Å². The van der Waals surface area contributed by atoms with Crippen molar-refractivity contribution in [1.82, 2.24) is 4.90 Å². The summed E-state index contributed by atoms with van der Waals surface area (Å²) in [5.74, 6) is 0.628. The van der Waals surface area contributed by atoms with E-state index in [0.717, 1.165) is 25.7 Å². The molecule has 2 N–H and O–H groups in total. The number of amides is 1. The van der Waals surface area contributed by atoms with E-state index in [0.29, 0.717) is 25.6 Å². The standard InChI is InChI=1S/C11H19FN2O/c12-11(15)14-8-5-10(6-9-14)4-2-1-3-7-13/h1,3,10H,2,4-9,13H2/b3-1+. The van der Waals surface area contributed by atoms with Crippen molar-refractivity contribution >= 4 is 6.16 Å². The van der Waals surface area contributed by atoms with Gasteiger partial charge < -0.3 is 10.6 Å². The summed E-state index contributed by atoms with van der Waals surface area (Å²) < 4.78 is 12.3. The number of nitrogens with zero attached hydrogens (tertiary/aromatic N) is 1. The molecule has 1 heterocycles. The summed E-state index contributed by atoms with van der Waals surface area (Å²) in [6.45, 7) is 1.73. The van der Waals surface area contributed by atoms with Crippen molar-refractivity contribution in [2.24, 2.45) is 11.7 Å². The Balaban J connectivity index is 2.14. The van der Waals surface area contributed by atoms with E-state index in [1.165, 1.54) is 4.90 Å². The Kier molecular flexibility index (Phi) is 5.32. The van der Waals surface area contributed by atoms with Gasteiger partial charge >= 0.3 is 6.16 Å². The van der Waals surface area contributed by atoms with Crippen LogP contribution in [-0.2, 0) is 0 Å². The molecule has 1 aliphatic rings. The Hall–Kier alpha value is -0.900. The predicted molar refractivity (Wildman–Crippen MR) is 58.2 cm³/mol. The zero-order chi connectivity index (χ0) is 11.1. The first-order valence-corrected chi connectivity index (χ1v) is 5.53. The van der Waals surface area contributed by atoms with E-state index in [9.17, 15) is 9.18 Å². The summed E-state index contributed by atoms with van der Waals surface area (Å²) in [5.41, 5.74) is 5.33. The molecule has 1 amide bonds. The van der Waals surface area contributed by atoms with Crippen LogP contribution in [0.5, 0.6) is 0 Å². The number of allylic oxidation sites excluding steroid dienone is 1. The highest BCUT2D eigenvalue weighted by Gasteiger charge is 2.21. The summed E-state index contributed by atoms with van der Waals surface area (Å²) in [4.78, 5) is 11.7. The Morgan fingerprint density at radius 3 is 2.60 bits per heavy atom. The van der Waals surface area contributed by atoms with Crippen molar-refractivity contribution < 1.29 is 9.18 Å². The number of carbonyl (C=O) groups is 1. The van der Waals surface area contributed by atoms with Gasteiger partial charge in [0.2, 0.25) is 0 Å². The molecule has 1 saturated heterocycles. The lowest BCUT2D eigenvalue weighted by atomic mass is 9.92. The van der Waals surface area contributed by atoms with Crippen molar-refractivity contribution in [2.45, 2.75) is 25.7 Å². The number of hydrogen-bond acceptors (Lipinski definition) is 2. The zero-order valence-corrected chi connectivity index (χ0v) is 8.99. The highest BCUT2D eigenvalue weighted by atomic mass is 19.1. The second kappa shape index (κ2) is 6.56. The van der Waals surface area contributed by atoms with Crippen molar-refractivity contribution in [2.75, 3.05) is 19.6 Å². The molecule has 0 radical (unpaired) electrons. The SMILES string of the molecule is NC/C=C/CCC1CCN(C(=O)F)CC1. The number of carbonyl (C=O) groups excluding carboxylic acids is 1. The first-order chi connectivity index (χ1) is 7.24. The maximum atomic E-state index is 12.3. The van der Waals surface area contributed by atoms with Gasteiger partial charge in [-0.25, -0.2) is 4.79 Å². The Morgan fingerprint density at radius 2 is 2.07 bits per heavy atom. The molecule has 4 heteroatoms. The molecule has 0 aromatic rings. The molecule has 86 valence electrons. The zero-order valence-electron chi connectivity index (χ0n) is 8.99. The lowest BCUT2D eigenvalue weighted by Gasteiger charge is -2.29. The minimum Gasteiger partial charge on any atom is -0.327 e. The normalized spacial score (nSPS) is 18.7. The van der Waals surface area contributed by atoms with E-state index < -0.39 is 6.16 Å². The molecule has 0 aromatic carbocycles. The number of halogens is 1. The summed E-state index contributed by atoms with van der Waals surface area (Å²) in [7, 11) is 0. The van der Waals surface area contributed by atoms with Crippen LogP contribution in [-0.4, -0.2) is 30.7 Å². The van der Waals surface area contributed by atoms with E-state index in [2.05, 4.69) is 6.08 Å². The summed E-state index contributed by atoms with van der Waals surface area (Å²) in [6, 6.07) is 0. The molecule has 15 heavy (non-hydrogen) atoms. The smallest absolute Gasteiger partial charge is 0.327 e. The predicted octanol–water partition coefficient (Wildman–Crippen LogP) is 2.08. The molecule has 0 unspecified atom stereocenters. The van der Waals surface area contributed by atoms with Gasteiger partial charge in [0.1, 0.15) is 0 Å². The first-order valence-electron chi connectivity index (χ1n) is 5.53. The van der Waals surface area contributed by atoms with Crippen LogP contribution in [0.2, 0.25) is 0 Å². The number of hydrogen-bond donors (Lipinski definition) is 1. The number of rotatable bonds is 4. The second-order valence-corrected chi connectivity index (χ2v) is 3.97. The molecule has 0 spiro atoms. The monoisotopic (exact) mass is 214 g/mol. The molecule has 3 nitrogen and oxygen atoms in total. The fraction of sp³-hybridized carbons (Fsp3) is 0.727. The second-order valence-electron chi connectivity index (χ2n) is 3.97. The maximum Gasteiger partial charge on any atom is 0.400 e. The first kappa shape index (κ1) is 12.2. The fourth-order valence-electron chi connectivity index (χ4n) is 1.94. The van der Waals surface area contributed by atoms with Gasteiger partial charge in [0.15, 0.2) is 0 Å². The van der Waals surface area contributed by atoms with Crippen molar-refractivity contribution in [3.8, 4) is 0 Å². The maximum absolute atomic E-state index is 12.3. The van der Waals surface area contributed by atoms with Crippen LogP contribution < -0.4 is 5.73 Å². The minimum absolute atomic E-state index is 0.570. The highest BCUT2D eigenvalue weighted by Crippen LogP contribution is 2.22. The van der Waals surface area contributed by atoms with Gasteiger partial charge in [-0.15, -0.1) is 4.39 Å². The quantitative estimate of drug-likeness (QED) is 0.442. The third-order valence-electron chi connectivity index (χ3n) is 2.91. The molecular weight excluding hydrogens is 195 g/mol. The van der Waals surface area contributed by atoms with Gasteiger partial charge in [-0.1, -0.05) is 12.2 Å². The van der Waals surface area contributed by atoms with E-state index in [1.54, 1.807) is 0 Å².